The highest BCUT2D eigenvalue weighted by atomic mass is 79.9. The fourth-order valence-corrected chi connectivity index (χ4v) is 4.44. The first-order chi connectivity index (χ1) is 15.0. The summed E-state index contributed by atoms with van der Waals surface area (Å²) in [7, 11) is 0. The van der Waals surface area contributed by atoms with Gasteiger partial charge in [-0.1, -0.05) is 37.3 Å². The van der Waals surface area contributed by atoms with Gasteiger partial charge in [0.15, 0.2) is 5.88 Å². The van der Waals surface area contributed by atoms with Gasteiger partial charge in [0.05, 0.1) is 23.0 Å². The van der Waals surface area contributed by atoms with E-state index in [2.05, 4.69) is 44.7 Å². The molecule has 1 amide bonds. The Balaban J connectivity index is 1.51. The molecule has 1 aliphatic heterocycles. The maximum absolute atomic E-state index is 12.1. The minimum atomic E-state index is -0.506. The fraction of sp³-hybridized carbons (Fsp3) is 0.304. The van der Waals surface area contributed by atoms with Crippen molar-refractivity contribution in [1.82, 2.24) is 14.5 Å². The topological polar surface area (TPSA) is 84.9 Å². The van der Waals surface area contributed by atoms with E-state index in [9.17, 15) is 4.79 Å². The van der Waals surface area contributed by atoms with E-state index in [4.69, 9.17) is 10.5 Å². The summed E-state index contributed by atoms with van der Waals surface area (Å²) in [6, 6.07) is 12.1. The molecule has 0 aliphatic carbocycles. The molecule has 2 atom stereocenters. The molecule has 0 saturated carbocycles. The molecule has 3 aromatic rings. The van der Waals surface area contributed by atoms with Crippen LogP contribution in [-0.4, -0.2) is 39.6 Å². The number of ether oxygens (including phenoxy) is 1. The molecule has 1 aromatic carbocycles. The predicted molar refractivity (Wildman–Crippen MR) is 125 cm³/mol. The summed E-state index contributed by atoms with van der Waals surface area (Å²) in [4.78, 5) is 14.2. The first-order valence-corrected chi connectivity index (χ1v) is 11.1. The van der Waals surface area contributed by atoms with Crippen LogP contribution in [0, 0.1) is 5.92 Å². The molecule has 1 fully saturated rings. The van der Waals surface area contributed by atoms with Crippen LogP contribution in [-0.2, 0) is 11.3 Å². The summed E-state index contributed by atoms with van der Waals surface area (Å²) < 4.78 is 8.56. The van der Waals surface area contributed by atoms with Gasteiger partial charge < -0.3 is 20.7 Å². The van der Waals surface area contributed by atoms with Crippen LogP contribution >= 0.6 is 15.9 Å². The number of likely N-dealkylation sites (tertiary alicyclic amines) is 1. The van der Waals surface area contributed by atoms with Gasteiger partial charge in [0.25, 0.3) is 5.91 Å². The second-order valence-corrected chi connectivity index (χ2v) is 8.69. The average Bonchev–Trinajstić information content (AvgIpc) is 3.35. The second kappa shape index (κ2) is 9.01. The van der Waals surface area contributed by atoms with Crippen molar-refractivity contribution in [1.29, 1.82) is 0 Å². The lowest BCUT2D eigenvalue weighted by Crippen LogP contribution is -2.30. The standard InChI is InChI=1S/C23H26BrN5O2/c1-3-17-11-28(15(2)31-14-16-7-5-4-6-8-16)13-20(17)27-22-19(23(25)30)10-26-29-12-18(24)9-21(22)29/h4-10,12,17,20,27H,2-3,11,13-14H2,1H3,(H2,25,30). The molecule has 0 bridgehead atoms. The lowest BCUT2D eigenvalue weighted by molar-refractivity contribution is 0.100. The van der Waals surface area contributed by atoms with E-state index in [1.807, 2.05) is 42.6 Å². The second-order valence-electron chi connectivity index (χ2n) is 7.78. The Morgan fingerprint density at radius 1 is 1.35 bits per heavy atom. The van der Waals surface area contributed by atoms with Crippen molar-refractivity contribution >= 4 is 33.0 Å². The Labute approximate surface area is 190 Å². The molecule has 2 aromatic heterocycles. The van der Waals surface area contributed by atoms with Crippen molar-refractivity contribution in [2.75, 3.05) is 18.4 Å². The quantitative estimate of drug-likeness (QED) is 0.472. The number of anilines is 1. The van der Waals surface area contributed by atoms with E-state index < -0.39 is 5.91 Å². The van der Waals surface area contributed by atoms with Crippen LogP contribution in [0.4, 0.5) is 5.69 Å². The Kier molecular flexibility index (Phi) is 6.18. The number of benzene rings is 1. The molecule has 1 aliphatic rings. The molecule has 8 heteroatoms. The van der Waals surface area contributed by atoms with Crippen LogP contribution < -0.4 is 11.1 Å². The van der Waals surface area contributed by atoms with Gasteiger partial charge in [0.1, 0.15) is 6.61 Å². The number of hydrogen-bond acceptors (Lipinski definition) is 5. The van der Waals surface area contributed by atoms with Crippen molar-refractivity contribution in [3.63, 3.8) is 0 Å². The number of rotatable bonds is 8. The number of carbonyl (C=O) groups is 1. The molecule has 3 heterocycles. The lowest BCUT2D eigenvalue weighted by Gasteiger charge is -2.22. The summed E-state index contributed by atoms with van der Waals surface area (Å²) in [5.41, 5.74) is 8.63. The average molecular weight is 484 g/mol. The van der Waals surface area contributed by atoms with Crippen molar-refractivity contribution < 1.29 is 9.53 Å². The number of nitrogens with one attached hydrogen (secondary N) is 1. The Morgan fingerprint density at radius 2 is 2.13 bits per heavy atom. The van der Waals surface area contributed by atoms with Gasteiger partial charge >= 0.3 is 0 Å². The van der Waals surface area contributed by atoms with Gasteiger partial charge in [-0.2, -0.15) is 5.10 Å². The maximum atomic E-state index is 12.1. The molecule has 31 heavy (non-hydrogen) atoms. The van der Waals surface area contributed by atoms with Gasteiger partial charge in [-0.3, -0.25) is 4.79 Å². The van der Waals surface area contributed by atoms with Crippen LogP contribution in [0.3, 0.4) is 0 Å². The lowest BCUT2D eigenvalue weighted by atomic mass is 10.00. The number of aromatic nitrogens is 2. The number of amides is 1. The van der Waals surface area contributed by atoms with Gasteiger partial charge in [-0.25, -0.2) is 4.52 Å². The number of carbonyl (C=O) groups excluding carboxylic acids is 1. The monoisotopic (exact) mass is 483 g/mol. The van der Waals surface area contributed by atoms with E-state index >= 15 is 0 Å². The minimum Gasteiger partial charge on any atom is -0.475 e. The zero-order chi connectivity index (χ0) is 22.0. The third-order valence-electron chi connectivity index (χ3n) is 5.77. The van der Waals surface area contributed by atoms with Crippen LogP contribution in [0.15, 0.2) is 65.7 Å². The first-order valence-electron chi connectivity index (χ1n) is 10.3. The van der Waals surface area contributed by atoms with Crippen molar-refractivity contribution in [2.45, 2.75) is 26.0 Å². The molecule has 0 spiro atoms. The van der Waals surface area contributed by atoms with Gasteiger partial charge in [-0.15, -0.1) is 0 Å². The summed E-state index contributed by atoms with van der Waals surface area (Å²) >= 11 is 3.48. The van der Waals surface area contributed by atoms with Gasteiger partial charge in [-0.05, 0) is 46.5 Å². The molecular formula is C23H26BrN5O2. The van der Waals surface area contributed by atoms with Crippen LogP contribution in [0.5, 0.6) is 0 Å². The van der Waals surface area contributed by atoms with E-state index in [0.717, 1.165) is 35.1 Å². The maximum Gasteiger partial charge on any atom is 0.252 e. The van der Waals surface area contributed by atoms with Crippen LogP contribution in [0.25, 0.3) is 5.52 Å². The molecule has 2 unspecified atom stereocenters. The first kappa shape index (κ1) is 21.2. The summed E-state index contributed by atoms with van der Waals surface area (Å²) in [5.74, 6) is 0.518. The number of nitrogens with two attached hydrogens (primary N) is 1. The minimum absolute atomic E-state index is 0.111. The Bertz CT molecular complexity index is 1100. The summed E-state index contributed by atoms with van der Waals surface area (Å²) in [5, 5.41) is 7.88. The summed E-state index contributed by atoms with van der Waals surface area (Å²) in [6.45, 7) is 8.35. The largest absolute Gasteiger partial charge is 0.475 e. The highest BCUT2D eigenvalue weighted by molar-refractivity contribution is 9.10. The number of halogens is 1. The molecule has 7 nitrogen and oxygen atoms in total. The zero-order valence-electron chi connectivity index (χ0n) is 17.4. The Hall–Kier alpha value is -3.00. The van der Waals surface area contributed by atoms with Crippen LogP contribution in [0.2, 0.25) is 0 Å². The molecular weight excluding hydrogens is 458 g/mol. The molecule has 3 N–H and O–H groups in total. The molecule has 162 valence electrons. The highest BCUT2D eigenvalue weighted by Gasteiger charge is 2.34. The highest BCUT2D eigenvalue weighted by Crippen LogP contribution is 2.31. The van der Waals surface area contributed by atoms with E-state index in [1.54, 1.807) is 4.52 Å². The Morgan fingerprint density at radius 3 is 2.84 bits per heavy atom. The number of primary amides is 1. The number of hydrogen-bond donors (Lipinski definition) is 2. The number of nitrogens with zero attached hydrogens (tertiary/aromatic N) is 3. The van der Waals surface area contributed by atoms with E-state index in [-0.39, 0.29) is 6.04 Å². The summed E-state index contributed by atoms with van der Waals surface area (Å²) in [6.07, 6.45) is 4.35. The fourth-order valence-electron chi connectivity index (χ4n) is 4.03. The third-order valence-corrected chi connectivity index (χ3v) is 6.20. The predicted octanol–water partition coefficient (Wildman–Crippen LogP) is 4.01. The smallest absolute Gasteiger partial charge is 0.252 e. The molecule has 0 radical (unpaired) electrons. The number of fused-ring (bicyclic) bond motifs is 1. The van der Waals surface area contributed by atoms with Gasteiger partial charge in [0, 0.05) is 29.8 Å². The third kappa shape index (κ3) is 4.54. The SMILES string of the molecule is C=C(OCc1ccccc1)N1CC(CC)C(Nc2c(C(N)=O)cnn3cc(Br)cc23)C1. The van der Waals surface area contributed by atoms with Gasteiger partial charge in [0.2, 0.25) is 0 Å². The zero-order valence-corrected chi connectivity index (χ0v) is 19.0. The molecule has 1 saturated heterocycles. The van der Waals surface area contributed by atoms with Crippen molar-refractivity contribution in [2.24, 2.45) is 11.7 Å². The van der Waals surface area contributed by atoms with E-state index in [1.165, 1.54) is 6.20 Å². The van der Waals surface area contributed by atoms with E-state index in [0.29, 0.717) is 29.7 Å². The van der Waals surface area contributed by atoms with Crippen molar-refractivity contribution in [3.8, 4) is 0 Å². The molecule has 4 rings (SSSR count). The van der Waals surface area contributed by atoms with Crippen molar-refractivity contribution in [3.05, 3.63) is 76.9 Å². The normalized spacial score (nSPS) is 18.3. The van der Waals surface area contributed by atoms with Crippen LogP contribution in [0.1, 0.15) is 29.3 Å².